The van der Waals surface area contributed by atoms with E-state index < -0.39 is 18.0 Å². The number of benzene rings is 1. The summed E-state index contributed by atoms with van der Waals surface area (Å²) in [5.41, 5.74) is 0.888. The number of anilines is 2. The summed E-state index contributed by atoms with van der Waals surface area (Å²) in [7, 11) is 0. The minimum absolute atomic E-state index is 0.0460. The van der Waals surface area contributed by atoms with Crippen LogP contribution in [0.2, 0.25) is 0 Å². The quantitative estimate of drug-likeness (QED) is 0.803. The van der Waals surface area contributed by atoms with Gasteiger partial charge < -0.3 is 15.0 Å². The van der Waals surface area contributed by atoms with Gasteiger partial charge in [-0.2, -0.15) is 4.80 Å². The Bertz CT molecular complexity index is 876. The van der Waals surface area contributed by atoms with Crippen molar-refractivity contribution in [1.29, 1.82) is 0 Å². The third-order valence-electron chi connectivity index (χ3n) is 4.89. The van der Waals surface area contributed by atoms with E-state index in [1.165, 1.54) is 24.2 Å². The molecule has 2 saturated heterocycles. The van der Waals surface area contributed by atoms with Gasteiger partial charge in [0.05, 0.1) is 30.5 Å². The molecule has 2 amide bonds. The van der Waals surface area contributed by atoms with E-state index in [1.54, 1.807) is 16.9 Å². The van der Waals surface area contributed by atoms with Gasteiger partial charge in [-0.1, -0.05) is 0 Å². The molecule has 2 aliphatic heterocycles. The Kier molecular flexibility index (Phi) is 4.80. The lowest BCUT2D eigenvalue weighted by atomic mass is 10.2. The van der Waals surface area contributed by atoms with Crippen LogP contribution in [0.1, 0.15) is 19.4 Å². The summed E-state index contributed by atoms with van der Waals surface area (Å²) in [6.45, 7) is 3.12. The molecule has 28 heavy (non-hydrogen) atoms. The summed E-state index contributed by atoms with van der Waals surface area (Å²) in [5.74, 6) is -0.613. The van der Waals surface area contributed by atoms with Crippen molar-refractivity contribution in [2.45, 2.75) is 25.5 Å². The fourth-order valence-corrected chi connectivity index (χ4v) is 3.51. The van der Waals surface area contributed by atoms with Crippen molar-refractivity contribution >= 4 is 23.4 Å². The molecule has 4 rings (SSSR count). The first-order valence-electron chi connectivity index (χ1n) is 9.01. The summed E-state index contributed by atoms with van der Waals surface area (Å²) < 4.78 is 20.0. The molecule has 2 aromatic rings. The third-order valence-corrected chi connectivity index (χ3v) is 4.89. The van der Waals surface area contributed by atoms with E-state index in [2.05, 4.69) is 20.7 Å². The number of rotatable bonds is 5. The van der Waals surface area contributed by atoms with E-state index in [0.717, 1.165) is 6.42 Å². The number of cyclic esters (lactones) is 1. The number of ether oxygens (including phenoxy) is 1. The Morgan fingerprint density at radius 2 is 2.25 bits per heavy atom. The Morgan fingerprint density at radius 3 is 2.96 bits per heavy atom. The molecule has 2 fully saturated rings. The van der Waals surface area contributed by atoms with Gasteiger partial charge in [0.2, 0.25) is 5.91 Å². The van der Waals surface area contributed by atoms with E-state index in [0.29, 0.717) is 24.5 Å². The van der Waals surface area contributed by atoms with Crippen molar-refractivity contribution in [3.8, 4) is 0 Å². The lowest BCUT2D eigenvalue weighted by molar-refractivity contribution is -0.119. The van der Waals surface area contributed by atoms with E-state index in [9.17, 15) is 14.0 Å². The Hall–Kier alpha value is -3.24. The standard InChI is InChI=1S/C17H20FN7O3/c1-11(26)19-7-14-9-24(17(27)28-14)12-2-3-16(15(18)6-12)23-5-4-13(8-23)25-21-10-20-22-25/h2-3,6,10,13-14H,4-5,7-9H2,1H3,(H,19,26)/t13-,14+/m1/s1. The zero-order valence-corrected chi connectivity index (χ0v) is 15.3. The van der Waals surface area contributed by atoms with Gasteiger partial charge in [0.1, 0.15) is 11.9 Å². The fourth-order valence-electron chi connectivity index (χ4n) is 3.51. The number of carbonyl (C=O) groups excluding carboxylic acids is 2. The smallest absolute Gasteiger partial charge is 0.414 e. The van der Waals surface area contributed by atoms with Crippen LogP contribution in [-0.2, 0) is 9.53 Å². The zero-order chi connectivity index (χ0) is 19.7. The number of aromatic nitrogens is 4. The van der Waals surface area contributed by atoms with Crippen LogP contribution in [0.15, 0.2) is 24.5 Å². The predicted molar refractivity (Wildman–Crippen MR) is 96.4 cm³/mol. The first-order chi connectivity index (χ1) is 13.5. The number of hydrogen-bond acceptors (Lipinski definition) is 7. The molecular formula is C17H20FN7O3. The van der Waals surface area contributed by atoms with Crippen molar-refractivity contribution in [2.75, 3.05) is 36.0 Å². The lowest BCUT2D eigenvalue weighted by Gasteiger charge is -2.21. The van der Waals surface area contributed by atoms with Crippen LogP contribution < -0.4 is 15.1 Å². The lowest BCUT2D eigenvalue weighted by Crippen LogP contribution is -2.33. The molecule has 0 bridgehead atoms. The van der Waals surface area contributed by atoms with Gasteiger partial charge in [0.15, 0.2) is 6.33 Å². The highest BCUT2D eigenvalue weighted by atomic mass is 19.1. The topological polar surface area (TPSA) is 105 Å². The summed E-state index contributed by atoms with van der Waals surface area (Å²) in [4.78, 5) is 27.9. The summed E-state index contributed by atoms with van der Waals surface area (Å²) >= 11 is 0. The molecule has 1 N–H and O–H groups in total. The Labute approximate surface area is 160 Å². The van der Waals surface area contributed by atoms with Gasteiger partial charge in [0.25, 0.3) is 0 Å². The van der Waals surface area contributed by atoms with E-state index in [4.69, 9.17) is 4.74 Å². The Morgan fingerprint density at radius 1 is 1.39 bits per heavy atom. The van der Waals surface area contributed by atoms with Crippen LogP contribution in [0, 0.1) is 5.82 Å². The summed E-state index contributed by atoms with van der Waals surface area (Å²) in [5, 5.41) is 14.3. The molecule has 0 spiro atoms. The highest BCUT2D eigenvalue weighted by Crippen LogP contribution is 2.31. The largest absolute Gasteiger partial charge is 0.442 e. The van der Waals surface area contributed by atoms with Crippen LogP contribution in [0.25, 0.3) is 0 Å². The predicted octanol–water partition coefficient (Wildman–Crippen LogP) is 0.725. The van der Waals surface area contributed by atoms with Crippen LogP contribution in [-0.4, -0.2) is 64.5 Å². The molecule has 2 aliphatic rings. The maximum atomic E-state index is 14.8. The number of amides is 2. The van der Waals surface area contributed by atoms with Crippen molar-refractivity contribution in [3.63, 3.8) is 0 Å². The molecule has 1 aromatic carbocycles. The third kappa shape index (κ3) is 3.59. The van der Waals surface area contributed by atoms with Crippen LogP contribution in [0.5, 0.6) is 0 Å². The van der Waals surface area contributed by atoms with Gasteiger partial charge in [-0.05, 0) is 29.8 Å². The average Bonchev–Trinajstić information content (AvgIpc) is 3.40. The molecule has 2 atom stereocenters. The van der Waals surface area contributed by atoms with E-state index >= 15 is 0 Å². The maximum Gasteiger partial charge on any atom is 0.414 e. The fraction of sp³-hybridized carbons (Fsp3) is 0.471. The number of nitrogens with one attached hydrogen (secondary N) is 1. The molecule has 0 radical (unpaired) electrons. The molecule has 10 nitrogen and oxygen atoms in total. The molecule has 1 aromatic heterocycles. The van der Waals surface area contributed by atoms with Crippen molar-refractivity contribution < 1.29 is 18.7 Å². The number of tetrazole rings is 1. The van der Waals surface area contributed by atoms with Crippen molar-refractivity contribution in [1.82, 2.24) is 25.5 Å². The van der Waals surface area contributed by atoms with Gasteiger partial charge >= 0.3 is 6.09 Å². The minimum atomic E-state index is -0.555. The molecule has 0 aliphatic carbocycles. The number of carbonyl (C=O) groups is 2. The van der Waals surface area contributed by atoms with E-state index in [1.807, 2.05) is 4.90 Å². The van der Waals surface area contributed by atoms with Crippen LogP contribution >= 0.6 is 0 Å². The van der Waals surface area contributed by atoms with E-state index in [-0.39, 0.29) is 25.0 Å². The average molecular weight is 389 g/mol. The maximum absolute atomic E-state index is 14.8. The second kappa shape index (κ2) is 7.41. The molecular weight excluding hydrogens is 369 g/mol. The minimum Gasteiger partial charge on any atom is -0.442 e. The van der Waals surface area contributed by atoms with Crippen molar-refractivity contribution in [3.05, 3.63) is 30.3 Å². The first kappa shape index (κ1) is 18.1. The number of hydrogen-bond donors (Lipinski definition) is 1. The first-order valence-corrected chi connectivity index (χ1v) is 9.01. The van der Waals surface area contributed by atoms with Gasteiger partial charge in [0, 0.05) is 20.0 Å². The SMILES string of the molecule is CC(=O)NC[C@H]1CN(c2ccc(N3CC[C@@H](n4ncnn4)C3)c(F)c2)C(=O)O1. The van der Waals surface area contributed by atoms with Crippen LogP contribution in [0.3, 0.4) is 0 Å². The molecule has 0 unspecified atom stereocenters. The molecule has 148 valence electrons. The van der Waals surface area contributed by atoms with Gasteiger partial charge in [-0.15, -0.1) is 10.2 Å². The monoisotopic (exact) mass is 389 g/mol. The summed E-state index contributed by atoms with van der Waals surface area (Å²) in [6, 6.07) is 4.74. The molecule has 0 saturated carbocycles. The Balaban J connectivity index is 1.43. The van der Waals surface area contributed by atoms with Gasteiger partial charge in [-0.25, -0.2) is 9.18 Å². The highest BCUT2D eigenvalue weighted by Gasteiger charge is 2.33. The van der Waals surface area contributed by atoms with Crippen molar-refractivity contribution in [2.24, 2.45) is 0 Å². The highest BCUT2D eigenvalue weighted by molar-refractivity contribution is 5.90. The number of nitrogens with zero attached hydrogens (tertiary/aromatic N) is 6. The molecule has 11 heteroatoms. The number of halogens is 1. The second-order valence-electron chi connectivity index (χ2n) is 6.83. The summed E-state index contributed by atoms with van der Waals surface area (Å²) in [6.07, 6.45) is 1.15. The zero-order valence-electron chi connectivity index (χ0n) is 15.3. The normalized spacial score (nSPS) is 21.9. The molecule has 3 heterocycles. The van der Waals surface area contributed by atoms with Gasteiger partial charge in [-0.3, -0.25) is 9.69 Å². The van der Waals surface area contributed by atoms with Crippen LogP contribution in [0.4, 0.5) is 20.6 Å². The second-order valence-corrected chi connectivity index (χ2v) is 6.83.